The summed E-state index contributed by atoms with van der Waals surface area (Å²) in [7, 11) is 1.42. The van der Waals surface area contributed by atoms with Gasteiger partial charge in [-0.25, -0.2) is 4.99 Å². The Morgan fingerprint density at radius 1 is 1.27 bits per heavy atom. The summed E-state index contributed by atoms with van der Waals surface area (Å²) in [5.41, 5.74) is 2.44. The van der Waals surface area contributed by atoms with E-state index in [2.05, 4.69) is 45.5 Å². The number of hydrogen-bond donors (Lipinski definition) is 2. The minimum absolute atomic E-state index is 0.153. The van der Waals surface area contributed by atoms with Crippen LogP contribution in [0.1, 0.15) is 37.3 Å². The van der Waals surface area contributed by atoms with Gasteiger partial charge in [0, 0.05) is 19.5 Å². The van der Waals surface area contributed by atoms with Crippen molar-refractivity contribution in [1.29, 1.82) is 0 Å². The standard InChI is InChI=1S/C17H27N3O2/c1-4-18-17(19-11-6-5-10-16(21)22-3)20-13-15-9-7-8-14(2)12-15/h7-9,12H,4-6,10-11,13H2,1-3H3,(H2,18,19,20). The van der Waals surface area contributed by atoms with Crippen molar-refractivity contribution in [2.45, 2.75) is 39.7 Å². The topological polar surface area (TPSA) is 62.7 Å². The van der Waals surface area contributed by atoms with Gasteiger partial charge in [0.05, 0.1) is 13.7 Å². The van der Waals surface area contributed by atoms with Gasteiger partial charge in [0.15, 0.2) is 5.96 Å². The maximum atomic E-state index is 11.0. The van der Waals surface area contributed by atoms with Crippen molar-refractivity contribution in [2.75, 3.05) is 20.2 Å². The van der Waals surface area contributed by atoms with Crippen LogP contribution < -0.4 is 10.6 Å². The lowest BCUT2D eigenvalue weighted by Gasteiger charge is -2.11. The highest BCUT2D eigenvalue weighted by Gasteiger charge is 2.01. The molecule has 0 aliphatic rings. The van der Waals surface area contributed by atoms with Crippen molar-refractivity contribution in [3.05, 3.63) is 35.4 Å². The van der Waals surface area contributed by atoms with Crippen LogP contribution in [-0.2, 0) is 16.1 Å². The van der Waals surface area contributed by atoms with E-state index < -0.39 is 0 Å². The number of guanidine groups is 1. The molecule has 0 radical (unpaired) electrons. The first-order valence-corrected chi connectivity index (χ1v) is 7.80. The molecule has 5 heteroatoms. The number of rotatable bonds is 8. The van der Waals surface area contributed by atoms with E-state index in [0.29, 0.717) is 13.0 Å². The van der Waals surface area contributed by atoms with Crippen LogP contribution in [-0.4, -0.2) is 32.1 Å². The molecular weight excluding hydrogens is 278 g/mol. The van der Waals surface area contributed by atoms with Crippen molar-refractivity contribution in [2.24, 2.45) is 4.99 Å². The van der Waals surface area contributed by atoms with Crippen LogP contribution in [0.15, 0.2) is 29.3 Å². The van der Waals surface area contributed by atoms with E-state index in [1.54, 1.807) is 0 Å². The highest BCUT2D eigenvalue weighted by atomic mass is 16.5. The molecule has 0 fully saturated rings. The molecule has 122 valence electrons. The number of aryl methyl sites for hydroxylation is 1. The van der Waals surface area contributed by atoms with Crippen LogP contribution in [0.3, 0.4) is 0 Å². The third-order valence-electron chi connectivity index (χ3n) is 3.17. The molecule has 0 saturated heterocycles. The summed E-state index contributed by atoms with van der Waals surface area (Å²) in [6.07, 6.45) is 2.19. The second-order valence-electron chi connectivity index (χ2n) is 5.14. The summed E-state index contributed by atoms with van der Waals surface area (Å²) in [6, 6.07) is 8.35. The predicted molar refractivity (Wildman–Crippen MR) is 89.9 cm³/mol. The van der Waals surface area contributed by atoms with Gasteiger partial charge in [-0.2, -0.15) is 0 Å². The molecule has 2 N–H and O–H groups in total. The largest absolute Gasteiger partial charge is 0.469 e. The molecule has 22 heavy (non-hydrogen) atoms. The Hall–Kier alpha value is -2.04. The first-order chi connectivity index (χ1) is 10.7. The van der Waals surface area contributed by atoms with Crippen LogP contribution in [0.25, 0.3) is 0 Å². The number of esters is 1. The number of methoxy groups -OCH3 is 1. The molecule has 0 bridgehead atoms. The van der Waals surface area contributed by atoms with Gasteiger partial charge >= 0.3 is 5.97 Å². The molecule has 1 aromatic rings. The van der Waals surface area contributed by atoms with Crippen molar-refractivity contribution in [3.8, 4) is 0 Å². The smallest absolute Gasteiger partial charge is 0.305 e. The van der Waals surface area contributed by atoms with Crippen LogP contribution in [0, 0.1) is 6.92 Å². The molecule has 0 heterocycles. The fourth-order valence-corrected chi connectivity index (χ4v) is 2.03. The lowest BCUT2D eigenvalue weighted by molar-refractivity contribution is -0.140. The van der Waals surface area contributed by atoms with Crippen LogP contribution in [0.4, 0.5) is 0 Å². The van der Waals surface area contributed by atoms with Crippen molar-refractivity contribution < 1.29 is 9.53 Å². The van der Waals surface area contributed by atoms with Crippen LogP contribution in [0.5, 0.6) is 0 Å². The first kappa shape index (κ1) is 18.0. The summed E-state index contributed by atoms with van der Waals surface area (Å²) in [4.78, 5) is 15.6. The first-order valence-electron chi connectivity index (χ1n) is 7.80. The van der Waals surface area contributed by atoms with Gasteiger partial charge in [-0.15, -0.1) is 0 Å². The fourth-order valence-electron chi connectivity index (χ4n) is 2.03. The monoisotopic (exact) mass is 305 g/mol. The molecule has 0 aliphatic carbocycles. The zero-order chi connectivity index (χ0) is 16.2. The zero-order valence-electron chi connectivity index (χ0n) is 13.8. The van der Waals surface area contributed by atoms with Crippen molar-refractivity contribution in [3.63, 3.8) is 0 Å². The van der Waals surface area contributed by atoms with Crippen molar-refractivity contribution in [1.82, 2.24) is 10.6 Å². The second kappa shape index (κ2) is 10.7. The zero-order valence-corrected chi connectivity index (χ0v) is 13.8. The molecule has 5 nitrogen and oxygen atoms in total. The van der Waals surface area contributed by atoms with Gasteiger partial charge in [-0.05, 0) is 32.3 Å². The highest BCUT2D eigenvalue weighted by Crippen LogP contribution is 2.05. The molecule has 0 aromatic heterocycles. The van der Waals surface area contributed by atoms with E-state index in [4.69, 9.17) is 0 Å². The average molecular weight is 305 g/mol. The van der Waals surface area contributed by atoms with Gasteiger partial charge in [-0.3, -0.25) is 4.79 Å². The SMILES string of the molecule is CCNC(=NCc1cccc(C)c1)NCCCCC(=O)OC. The summed E-state index contributed by atoms with van der Waals surface area (Å²) in [6.45, 7) is 6.39. The number of hydrogen-bond acceptors (Lipinski definition) is 3. The molecule has 0 spiro atoms. The summed E-state index contributed by atoms with van der Waals surface area (Å²) in [5, 5.41) is 6.51. The van der Waals surface area contributed by atoms with E-state index >= 15 is 0 Å². The minimum atomic E-state index is -0.153. The van der Waals surface area contributed by atoms with Crippen molar-refractivity contribution >= 4 is 11.9 Å². The molecule has 0 amide bonds. The van der Waals surface area contributed by atoms with E-state index in [1.807, 2.05) is 13.0 Å². The van der Waals surface area contributed by atoms with Crippen LogP contribution in [0.2, 0.25) is 0 Å². The van der Waals surface area contributed by atoms with Gasteiger partial charge in [0.25, 0.3) is 0 Å². The van der Waals surface area contributed by atoms with Gasteiger partial charge in [-0.1, -0.05) is 29.8 Å². The Morgan fingerprint density at radius 2 is 2.09 bits per heavy atom. The van der Waals surface area contributed by atoms with E-state index in [-0.39, 0.29) is 5.97 Å². The third-order valence-corrected chi connectivity index (χ3v) is 3.17. The number of carbonyl (C=O) groups is 1. The van der Waals surface area contributed by atoms with Gasteiger partial charge in [0.1, 0.15) is 0 Å². The van der Waals surface area contributed by atoms with E-state index in [0.717, 1.165) is 31.9 Å². The molecule has 0 atom stereocenters. The number of benzene rings is 1. The predicted octanol–water partition coefficient (Wildman–Crippen LogP) is 2.39. The number of unbranched alkanes of at least 4 members (excludes halogenated alkanes) is 1. The average Bonchev–Trinajstić information content (AvgIpc) is 2.52. The van der Waals surface area contributed by atoms with Gasteiger partial charge < -0.3 is 15.4 Å². The Labute approximate surface area is 133 Å². The molecular formula is C17H27N3O2. The fraction of sp³-hybridized carbons (Fsp3) is 0.529. The molecule has 0 saturated carbocycles. The lowest BCUT2D eigenvalue weighted by Crippen LogP contribution is -2.37. The number of aliphatic imine (C=N–C) groups is 1. The number of ether oxygens (including phenoxy) is 1. The molecule has 1 aromatic carbocycles. The number of carbonyl (C=O) groups excluding carboxylic acids is 1. The molecule has 0 unspecified atom stereocenters. The van der Waals surface area contributed by atoms with E-state index in [1.165, 1.54) is 18.2 Å². The maximum absolute atomic E-state index is 11.0. The normalized spacial score (nSPS) is 11.1. The Bertz CT molecular complexity index is 487. The van der Waals surface area contributed by atoms with Crippen LogP contribution >= 0.6 is 0 Å². The summed E-state index contributed by atoms with van der Waals surface area (Å²) in [5.74, 6) is 0.655. The Morgan fingerprint density at radius 3 is 2.77 bits per heavy atom. The third kappa shape index (κ3) is 7.67. The quantitative estimate of drug-likeness (QED) is 0.335. The molecule has 0 aliphatic heterocycles. The highest BCUT2D eigenvalue weighted by molar-refractivity contribution is 5.79. The summed E-state index contributed by atoms with van der Waals surface area (Å²) >= 11 is 0. The number of nitrogens with one attached hydrogen (secondary N) is 2. The minimum Gasteiger partial charge on any atom is -0.469 e. The Balaban J connectivity index is 2.37. The summed E-state index contributed by atoms with van der Waals surface area (Å²) < 4.78 is 4.62. The molecule has 1 rings (SSSR count). The van der Waals surface area contributed by atoms with E-state index in [9.17, 15) is 4.79 Å². The maximum Gasteiger partial charge on any atom is 0.305 e. The van der Waals surface area contributed by atoms with Gasteiger partial charge in [0.2, 0.25) is 0 Å². The second-order valence-corrected chi connectivity index (χ2v) is 5.14. The number of nitrogens with zero attached hydrogens (tertiary/aromatic N) is 1. The lowest BCUT2D eigenvalue weighted by atomic mass is 10.1. The Kier molecular flexibility index (Phi) is 8.72.